The zero-order valence-corrected chi connectivity index (χ0v) is 13.7. The Kier molecular flexibility index (Phi) is 6.21. The molecule has 0 radical (unpaired) electrons. The SMILES string of the molecule is CC(CC(O)c1ccccc1)NC(=O)NC(C)C(C)(C)C. The van der Waals surface area contributed by atoms with Gasteiger partial charge in [-0.15, -0.1) is 0 Å². The number of rotatable bonds is 5. The fraction of sp³-hybridized carbons (Fsp3) is 0.588. The topological polar surface area (TPSA) is 61.4 Å². The van der Waals surface area contributed by atoms with Gasteiger partial charge in [0, 0.05) is 12.1 Å². The predicted octanol–water partition coefficient (Wildman–Crippen LogP) is 3.23. The van der Waals surface area contributed by atoms with Crippen molar-refractivity contribution in [1.82, 2.24) is 10.6 Å². The first-order valence-corrected chi connectivity index (χ1v) is 7.50. The van der Waals surface area contributed by atoms with Crippen LogP contribution in [0.5, 0.6) is 0 Å². The fourth-order valence-electron chi connectivity index (χ4n) is 1.88. The number of aliphatic hydroxyl groups excluding tert-OH is 1. The molecular formula is C17H28N2O2. The quantitative estimate of drug-likeness (QED) is 0.780. The van der Waals surface area contributed by atoms with E-state index in [1.165, 1.54) is 0 Å². The molecule has 2 amide bonds. The summed E-state index contributed by atoms with van der Waals surface area (Å²) in [6.45, 7) is 10.1. The van der Waals surface area contributed by atoms with Crippen LogP contribution >= 0.6 is 0 Å². The molecule has 0 heterocycles. The Labute approximate surface area is 128 Å². The minimum atomic E-state index is -0.568. The summed E-state index contributed by atoms with van der Waals surface area (Å²) in [6.07, 6.45) is -0.0806. The van der Waals surface area contributed by atoms with E-state index in [4.69, 9.17) is 0 Å². The van der Waals surface area contributed by atoms with Crippen LogP contribution in [0.15, 0.2) is 30.3 Å². The van der Waals surface area contributed by atoms with Crippen LogP contribution < -0.4 is 10.6 Å². The van der Waals surface area contributed by atoms with Gasteiger partial charge in [0.2, 0.25) is 0 Å². The molecule has 0 aliphatic heterocycles. The van der Waals surface area contributed by atoms with E-state index in [2.05, 4.69) is 31.4 Å². The molecule has 1 aromatic carbocycles. The van der Waals surface area contributed by atoms with Crippen LogP contribution in [0.2, 0.25) is 0 Å². The molecule has 0 spiro atoms. The highest BCUT2D eigenvalue weighted by atomic mass is 16.3. The molecule has 3 N–H and O–H groups in total. The van der Waals surface area contributed by atoms with E-state index in [0.717, 1.165) is 5.56 Å². The van der Waals surface area contributed by atoms with Crippen molar-refractivity contribution in [3.63, 3.8) is 0 Å². The largest absolute Gasteiger partial charge is 0.388 e. The highest BCUT2D eigenvalue weighted by Gasteiger charge is 2.22. The third-order valence-corrected chi connectivity index (χ3v) is 3.79. The van der Waals surface area contributed by atoms with Crippen molar-refractivity contribution in [3.8, 4) is 0 Å². The van der Waals surface area contributed by atoms with Crippen molar-refractivity contribution >= 4 is 6.03 Å². The smallest absolute Gasteiger partial charge is 0.315 e. The average molecular weight is 292 g/mol. The molecule has 0 saturated carbocycles. The Hall–Kier alpha value is -1.55. The summed E-state index contributed by atoms with van der Waals surface area (Å²) < 4.78 is 0. The van der Waals surface area contributed by atoms with Gasteiger partial charge in [0.25, 0.3) is 0 Å². The van der Waals surface area contributed by atoms with Crippen LogP contribution in [0, 0.1) is 5.41 Å². The molecule has 0 bridgehead atoms. The maximum atomic E-state index is 11.9. The Balaban J connectivity index is 2.43. The fourth-order valence-corrected chi connectivity index (χ4v) is 1.88. The number of hydrogen-bond donors (Lipinski definition) is 3. The number of carbonyl (C=O) groups excluding carboxylic acids is 1. The summed E-state index contributed by atoms with van der Waals surface area (Å²) in [5, 5.41) is 15.9. The molecule has 1 rings (SSSR count). The van der Waals surface area contributed by atoms with Gasteiger partial charge in [-0.1, -0.05) is 51.1 Å². The van der Waals surface area contributed by atoms with Crippen LogP contribution in [0.25, 0.3) is 0 Å². The Morgan fingerprint density at radius 1 is 1.14 bits per heavy atom. The Morgan fingerprint density at radius 2 is 1.71 bits per heavy atom. The number of aliphatic hydroxyl groups is 1. The van der Waals surface area contributed by atoms with Crippen molar-refractivity contribution < 1.29 is 9.90 Å². The van der Waals surface area contributed by atoms with Gasteiger partial charge in [-0.2, -0.15) is 0 Å². The molecule has 0 fully saturated rings. The molecule has 0 aromatic heterocycles. The van der Waals surface area contributed by atoms with Gasteiger partial charge < -0.3 is 15.7 Å². The van der Waals surface area contributed by atoms with Crippen LogP contribution in [0.1, 0.15) is 52.7 Å². The van der Waals surface area contributed by atoms with E-state index in [-0.39, 0.29) is 23.5 Å². The number of urea groups is 1. The van der Waals surface area contributed by atoms with E-state index in [0.29, 0.717) is 6.42 Å². The molecular weight excluding hydrogens is 264 g/mol. The maximum Gasteiger partial charge on any atom is 0.315 e. The van der Waals surface area contributed by atoms with Crippen molar-refractivity contribution in [3.05, 3.63) is 35.9 Å². The van der Waals surface area contributed by atoms with E-state index < -0.39 is 6.10 Å². The lowest BCUT2D eigenvalue weighted by Gasteiger charge is -2.29. The molecule has 0 aliphatic rings. The summed E-state index contributed by atoms with van der Waals surface area (Å²) in [7, 11) is 0. The second-order valence-corrected chi connectivity index (χ2v) is 6.77. The molecule has 0 saturated heterocycles. The van der Waals surface area contributed by atoms with Crippen molar-refractivity contribution in [2.75, 3.05) is 0 Å². The van der Waals surface area contributed by atoms with E-state index in [9.17, 15) is 9.90 Å². The summed E-state index contributed by atoms with van der Waals surface area (Å²) in [5.74, 6) is 0. The third-order valence-electron chi connectivity index (χ3n) is 3.79. The van der Waals surface area contributed by atoms with Gasteiger partial charge in [-0.25, -0.2) is 4.79 Å². The monoisotopic (exact) mass is 292 g/mol. The van der Waals surface area contributed by atoms with Gasteiger partial charge in [0.15, 0.2) is 0 Å². The van der Waals surface area contributed by atoms with E-state index in [1.54, 1.807) is 0 Å². The average Bonchev–Trinajstić information content (AvgIpc) is 2.38. The van der Waals surface area contributed by atoms with Crippen LogP contribution in [0.3, 0.4) is 0 Å². The third kappa shape index (κ3) is 6.17. The van der Waals surface area contributed by atoms with Gasteiger partial charge >= 0.3 is 6.03 Å². The zero-order chi connectivity index (χ0) is 16.0. The summed E-state index contributed by atoms with van der Waals surface area (Å²) in [4.78, 5) is 11.9. The van der Waals surface area contributed by atoms with Crippen LogP contribution in [-0.2, 0) is 0 Å². The first kappa shape index (κ1) is 17.5. The highest BCUT2D eigenvalue weighted by Crippen LogP contribution is 2.19. The van der Waals surface area contributed by atoms with Gasteiger partial charge in [0.05, 0.1) is 6.10 Å². The van der Waals surface area contributed by atoms with Crippen molar-refractivity contribution in [2.45, 2.75) is 59.2 Å². The minimum absolute atomic E-state index is 0.0180. The minimum Gasteiger partial charge on any atom is -0.388 e. The molecule has 21 heavy (non-hydrogen) atoms. The molecule has 4 nitrogen and oxygen atoms in total. The van der Waals surface area contributed by atoms with Crippen molar-refractivity contribution in [1.29, 1.82) is 0 Å². The van der Waals surface area contributed by atoms with Crippen LogP contribution in [-0.4, -0.2) is 23.2 Å². The molecule has 1 aromatic rings. The number of nitrogens with one attached hydrogen (secondary N) is 2. The number of carbonyl (C=O) groups is 1. The van der Waals surface area contributed by atoms with Gasteiger partial charge in [-0.3, -0.25) is 0 Å². The van der Waals surface area contributed by atoms with Gasteiger partial charge in [0.1, 0.15) is 0 Å². The second kappa shape index (κ2) is 7.46. The number of amides is 2. The van der Waals surface area contributed by atoms with E-state index >= 15 is 0 Å². The summed E-state index contributed by atoms with van der Waals surface area (Å²) in [6, 6.07) is 9.27. The summed E-state index contributed by atoms with van der Waals surface area (Å²) in [5.41, 5.74) is 0.888. The Bertz CT molecular complexity index is 440. The predicted molar refractivity (Wildman–Crippen MR) is 86.1 cm³/mol. The molecule has 3 unspecified atom stereocenters. The number of hydrogen-bond acceptors (Lipinski definition) is 2. The first-order chi connectivity index (χ1) is 9.70. The van der Waals surface area contributed by atoms with Crippen molar-refractivity contribution in [2.24, 2.45) is 5.41 Å². The zero-order valence-electron chi connectivity index (χ0n) is 13.7. The van der Waals surface area contributed by atoms with E-state index in [1.807, 2.05) is 44.2 Å². The Morgan fingerprint density at radius 3 is 2.24 bits per heavy atom. The normalized spacial score (nSPS) is 15.9. The lowest BCUT2D eigenvalue weighted by Crippen LogP contribution is -2.48. The molecule has 3 atom stereocenters. The number of benzene rings is 1. The molecule has 4 heteroatoms. The van der Waals surface area contributed by atoms with Gasteiger partial charge in [-0.05, 0) is 31.2 Å². The lowest BCUT2D eigenvalue weighted by atomic mass is 9.88. The highest BCUT2D eigenvalue weighted by molar-refractivity contribution is 5.74. The lowest BCUT2D eigenvalue weighted by molar-refractivity contribution is 0.153. The molecule has 118 valence electrons. The maximum absolute atomic E-state index is 11.9. The first-order valence-electron chi connectivity index (χ1n) is 7.50. The van der Waals surface area contributed by atoms with Crippen LogP contribution in [0.4, 0.5) is 4.79 Å². The summed E-state index contributed by atoms with van der Waals surface area (Å²) >= 11 is 0. The second-order valence-electron chi connectivity index (χ2n) is 6.77. The standard InChI is InChI=1S/C17H28N2O2/c1-12(11-15(20)14-9-7-6-8-10-14)18-16(21)19-13(2)17(3,4)5/h6-10,12-13,15,20H,11H2,1-5H3,(H2,18,19,21). The molecule has 0 aliphatic carbocycles.